The Kier molecular flexibility index (Phi) is 5.66. The van der Waals surface area contributed by atoms with E-state index in [1.54, 1.807) is 0 Å². The molecule has 0 saturated carbocycles. The Labute approximate surface area is 117 Å². The van der Waals surface area contributed by atoms with E-state index in [2.05, 4.69) is 21.2 Å². The van der Waals surface area contributed by atoms with E-state index in [0.29, 0.717) is 5.33 Å². The third-order valence-corrected chi connectivity index (χ3v) is 3.01. The highest BCUT2D eigenvalue weighted by Crippen LogP contribution is 2.09. The summed E-state index contributed by atoms with van der Waals surface area (Å²) in [6, 6.07) is 10.1. The first-order chi connectivity index (χ1) is 8.40. The minimum absolute atomic E-state index is 0.0299. The molecule has 0 saturated heterocycles. The molecule has 0 unspecified atom stereocenters. The van der Waals surface area contributed by atoms with Crippen LogP contribution >= 0.6 is 15.9 Å². The van der Waals surface area contributed by atoms with Crippen LogP contribution in [0.5, 0.6) is 0 Å². The third-order valence-electron chi connectivity index (χ3n) is 2.23. The van der Waals surface area contributed by atoms with Gasteiger partial charge in [-0.3, -0.25) is 0 Å². The van der Waals surface area contributed by atoms with Crippen molar-refractivity contribution in [3.8, 4) is 0 Å². The number of carbonyl (C=O) groups excluding carboxylic acids is 1. The van der Waals surface area contributed by atoms with Crippen LogP contribution in [0.3, 0.4) is 0 Å². The van der Waals surface area contributed by atoms with Crippen molar-refractivity contribution in [2.45, 2.75) is 38.8 Å². The Morgan fingerprint density at radius 2 is 1.94 bits per heavy atom. The van der Waals surface area contributed by atoms with Gasteiger partial charge in [0.25, 0.3) is 0 Å². The maximum Gasteiger partial charge on any atom is 0.407 e. The molecule has 1 amide bonds. The zero-order chi connectivity index (χ0) is 13.6. The molecule has 0 heterocycles. The van der Waals surface area contributed by atoms with Gasteiger partial charge in [0.15, 0.2) is 0 Å². The van der Waals surface area contributed by atoms with Gasteiger partial charge in [-0.05, 0) is 32.8 Å². The Morgan fingerprint density at radius 3 is 2.44 bits per heavy atom. The molecule has 0 fully saturated rings. The van der Waals surface area contributed by atoms with Gasteiger partial charge in [0.05, 0.1) is 0 Å². The Hall–Kier alpha value is -1.03. The van der Waals surface area contributed by atoms with E-state index in [0.717, 1.165) is 6.42 Å². The Morgan fingerprint density at radius 1 is 1.33 bits per heavy atom. The minimum Gasteiger partial charge on any atom is -0.444 e. The monoisotopic (exact) mass is 313 g/mol. The highest BCUT2D eigenvalue weighted by atomic mass is 79.9. The van der Waals surface area contributed by atoms with Crippen molar-refractivity contribution in [1.82, 2.24) is 5.32 Å². The molecular weight excluding hydrogens is 294 g/mol. The molecule has 1 atom stereocenters. The first kappa shape index (κ1) is 15.0. The molecule has 0 aromatic heterocycles. The number of alkyl halides is 1. The van der Waals surface area contributed by atoms with E-state index in [9.17, 15) is 4.79 Å². The zero-order valence-electron chi connectivity index (χ0n) is 11.1. The quantitative estimate of drug-likeness (QED) is 0.864. The summed E-state index contributed by atoms with van der Waals surface area (Å²) in [7, 11) is 0. The van der Waals surface area contributed by atoms with Crippen molar-refractivity contribution in [3.63, 3.8) is 0 Å². The summed E-state index contributed by atoms with van der Waals surface area (Å²) in [4.78, 5) is 11.7. The summed E-state index contributed by atoms with van der Waals surface area (Å²) in [5.41, 5.74) is 0.728. The normalized spacial score (nSPS) is 12.9. The predicted octanol–water partition coefficient (Wildman–Crippen LogP) is 3.52. The van der Waals surface area contributed by atoms with Gasteiger partial charge in [-0.2, -0.15) is 0 Å². The molecule has 3 nitrogen and oxygen atoms in total. The molecule has 100 valence electrons. The molecule has 0 bridgehead atoms. The van der Waals surface area contributed by atoms with Crippen molar-refractivity contribution < 1.29 is 9.53 Å². The highest BCUT2D eigenvalue weighted by Gasteiger charge is 2.19. The summed E-state index contributed by atoms with van der Waals surface area (Å²) in [5.74, 6) is 0. The lowest BCUT2D eigenvalue weighted by Gasteiger charge is -2.22. The van der Waals surface area contributed by atoms with Crippen LogP contribution in [0.2, 0.25) is 0 Å². The molecule has 4 heteroatoms. The van der Waals surface area contributed by atoms with Crippen molar-refractivity contribution in [3.05, 3.63) is 35.9 Å². The average molecular weight is 314 g/mol. The SMILES string of the molecule is CC(C)(C)OC(=O)N[C@H](CBr)Cc1ccccc1. The van der Waals surface area contributed by atoms with Gasteiger partial charge in [-0.15, -0.1) is 0 Å². The summed E-state index contributed by atoms with van der Waals surface area (Å²) in [5, 5.41) is 3.56. The van der Waals surface area contributed by atoms with E-state index in [1.165, 1.54) is 5.56 Å². The van der Waals surface area contributed by atoms with E-state index in [4.69, 9.17) is 4.74 Å². The van der Waals surface area contributed by atoms with Gasteiger partial charge in [-0.25, -0.2) is 4.79 Å². The van der Waals surface area contributed by atoms with Gasteiger partial charge < -0.3 is 10.1 Å². The number of nitrogens with one attached hydrogen (secondary N) is 1. The number of ether oxygens (including phenoxy) is 1. The maximum absolute atomic E-state index is 11.7. The number of amides is 1. The van der Waals surface area contributed by atoms with Crippen molar-refractivity contribution in [2.24, 2.45) is 0 Å². The number of alkyl carbamates (subject to hydrolysis) is 1. The summed E-state index contributed by atoms with van der Waals surface area (Å²) < 4.78 is 5.24. The fraction of sp³-hybridized carbons (Fsp3) is 0.500. The summed E-state index contributed by atoms with van der Waals surface area (Å²) in [6.45, 7) is 5.56. The van der Waals surface area contributed by atoms with Crippen molar-refractivity contribution in [1.29, 1.82) is 0 Å². The molecule has 1 aromatic carbocycles. The molecule has 0 aliphatic rings. The Bertz CT molecular complexity index is 373. The van der Waals surface area contributed by atoms with Gasteiger partial charge in [0.2, 0.25) is 0 Å². The van der Waals surface area contributed by atoms with Gasteiger partial charge >= 0.3 is 6.09 Å². The fourth-order valence-corrected chi connectivity index (χ4v) is 1.91. The van der Waals surface area contributed by atoms with Gasteiger partial charge in [0.1, 0.15) is 5.60 Å². The number of hydrogen-bond donors (Lipinski definition) is 1. The van der Waals surface area contributed by atoms with E-state index in [-0.39, 0.29) is 12.1 Å². The molecule has 18 heavy (non-hydrogen) atoms. The summed E-state index contributed by atoms with van der Waals surface area (Å²) >= 11 is 3.41. The largest absolute Gasteiger partial charge is 0.444 e. The molecule has 1 rings (SSSR count). The Balaban J connectivity index is 2.50. The number of halogens is 1. The number of benzene rings is 1. The second-order valence-corrected chi connectivity index (χ2v) is 5.83. The molecule has 0 aliphatic heterocycles. The van der Waals surface area contributed by atoms with Crippen molar-refractivity contribution in [2.75, 3.05) is 5.33 Å². The maximum atomic E-state index is 11.7. The minimum atomic E-state index is -0.465. The topological polar surface area (TPSA) is 38.3 Å². The fourth-order valence-electron chi connectivity index (χ4n) is 1.52. The predicted molar refractivity (Wildman–Crippen MR) is 77.1 cm³/mol. The highest BCUT2D eigenvalue weighted by molar-refractivity contribution is 9.09. The first-order valence-corrected chi connectivity index (χ1v) is 7.12. The zero-order valence-corrected chi connectivity index (χ0v) is 12.7. The van der Waals surface area contributed by atoms with Crippen LogP contribution in [0.15, 0.2) is 30.3 Å². The van der Waals surface area contributed by atoms with E-state index in [1.807, 2.05) is 51.1 Å². The smallest absolute Gasteiger partial charge is 0.407 e. The molecule has 1 aromatic rings. The first-order valence-electron chi connectivity index (χ1n) is 6.00. The van der Waals surface area contributed by atoms with Crippen LogP contribution in [0, 0.1) is 0 Å². The van der Waals surface area contributed by atoms with E-state index < -0.39 is 5.60 Å². The van der Waals surface area contributed by atoms with Crippen LogP contribution < -0.4 is 5.32 Å². The molecule has 0 spiro atoms. The standard InChI is InChI=1S/C14H20BrNO2/c1-14(2,3)18-13(17)16-12(10-15)9-11-7-5-4-6-8-11/h4-8,12H,9-10H2,1-3H3,(H,16,17)/t12-/m0/s1. The molecule has 1 N–H and O–H groups in total. The van der Waals surface area contributed by atoms with Gasteiger partial charge in [-0.1, -0.05) is 46.3 Å². The number of hydrogen-bond acceptors (Lipinski definition) is 2. The lowest BCUT2D eigenvalue weighted by atomic mass is 10.1. The molecule has 0 aliphatic carbocycles. The lowest BCUT2D eigenvalue weighted by Crippen LogP contribution is -2.41. The van der Waals surface area contributed by atoms with Crippen LogP contribution in [0.4, 0.5) is 4.79 Å². The lowest BCUT2D eigenvalue weighted by molar-refractivity contribution is 0.0510. The van der Waals surface area contributed by atoms with Gasteiger partial charge in [0, 0.05) is 11.4 Å². The number of carbonyl (C=O) groups is 1. The second kappa shape index (κ2) is 6.78. The third kappa shape index (κ3) is 6.05. The van der Waals surface area contributed by atoms with E-state index >= 15 is 0 Å². The van der Waals surface area contributed by atoms with Crippen LogP contribution in [0.25, 0.3) is 0 Å². The number of rotatable bonds is 4. The summed E-state index contributed by atoms with van der Waals surface area (Å²) in [6.07, 6.45) is 0.411. The van der Waals surface area contributed by atoms with Crippen LogP contribution in [-0.2, 0) is 11.2 Å². The van der Waals surface area contributed by atoms with Crippen molar-refractivity contribution >= 4 is 22.0 Å². The molecular formula is C14H20BrNO2. The molecule has 0 radical (unpaired) electrons. The van der Waals surface area contributed by atoms with Crippen LogP contribution in [-0.4, -0.2) is 23.1 Å². The van der Waals surface area contributed by atoms with Crippen LogP contribution in [0.1, 0.15) is 26.3 Å². The average Bonchev–Trinajstić information content (AvgIpc) is 2.27. The second-order valence-electron chi connectivity index (χ2n) is 5.19.